The van der Waals surface area contributed by atoms with E-state index in [1.807, 2.05) is 6.92 Å². The maximum Gasteiger partial charge on any atom is 0.331 e. The fourth-order valence-electron chi connectivity index (χ4n) is 4.17. The number of carbonyl (C=O) groups excluding carboxylic acids is 1. The van der Waals surface area contributed by atoms with Crippen LogP contribution in [0.1, 0.15) is 65.4 Å². The second-order valence-electron chi connectivity index (χ2n) is 8.21. The van der Waals surface area contributed by atoms with Crippen molar-refractivity contribution in [1.82, 2.24) is 0 Å². The molecule has 0 aliphatic heterocycles. The molecule has 0 bridgehead atoms. The molecule has 1 aliphatic rings. The summed E-state index contributed by atoms with van der Waals surface area (Å²) < 4.78 is 5.52. The first-order valence-corrected chi connectivity index (χ1v) is 9.45. The highest BCUT2D eigenvalue weighted by Gasteiger charge is 2.36. The monoisotopic (exact) mass is 344 g/mol. The van der Waals surface area contributed by atoms with Crippen LogP contribution in [0.3, 0.4) is 0 Å². The summed E-state index contributed by atoms with van der Waals surface area (Å²) in [6.07, 6.45) is 9.07. The van der Waals surface area contributed by atoms with Gasteiger partial charge in [0.05, 0.1) is 6.10 Å². The Kier molecular flexibility index (Phi) is 6.69. The summed E-state index contributed by atoms with van der Waals surface area (Å²) in [6.45, 7) is 9.10. The van der Waals surface area contributed by atoms with Crippen LogP contribution in [0, 0.1) is 17.3 Å². The van der Waals surface area contributed by atoms with Gasteiger partial charge < -0.3 is 9.84 Å². The topological polar surface area (TPSA) is 46.5 Å². The van der Waals surface area contributed by atoms with E-state index < -0.39 is 0 Å². The molecule has 0 amide bonds. The molecule has 3 unspecified atom stereocenters. The summed E-state index contributed by atoms with van der Waals surface area (Å²) >= 11 is 0. The molecule has 25 heavy (non-hydrogen) atoms. The predicted octanol–water partition coefficient (Wildman–Crippen LogP) is 5.58. The molecule has 0 spiro atoms. The number of ether oxygens (including phenoxy) is 1. The standard InChI is InChI=1S/C22H32O3/c1-16-6-5-15-22(3,4)20(16)13-7-17(2)25-21(24)14-10-18-8-11-19(23)12-9-18/h8-12,14,16-17,20,23H,5-7,13,15H2,1-4H3. The van der Waals surface area contributed by atoms with Gasteiger partial charge in [0.1, 0.15) is 5.75 Å². The third-order valence-corrected chi connectivity index (χ3v) is 5.68. The van der Waals surface area contributed by atoms with Crippen LogP contribution in [0.15, 0.2) is 30.3 Å². The average molecular weight is 344 g/mol. The summed E-state index contributed by atoms with van der Waals surface area (Å²) in [7, 11) is 0. The molecular weight excluding hydrogens is 312 g/mol. The molecule has 1 aromatic rings. The van der Waals surface area contributed by atoms with Gasteiger partial charge in [-0.1, -0.05) is 45.7 Å². The first kappa shape index (κ1) is 19.6. The zero-order valence-corrected chi connectivity index (χ0v) is 16.0. The molecule has 3 atom stereocenters. The van der Waals surface area contributed by atoms with Gasteiger partial charge in [-0.05, 0) is 67.2 Å². The molecule has 1 N–H and O–H groups in total. The third-order valence-electron chi connectivity index (χ3n) is 5.68. The summed E-state index contributed by atoms with van der Waals surface area (Å²) in [5, 5.41) is 9.26. The predicted molar refractivity (Wildman–Crippen MR) is 102 cm³/mol. The largest absolute Gasteiger partial charge is 0.508 e. The zero-order valence-electron chi connectivity index (χ0n) is 16.0. The van der Waals surface area contributed by atoms with Gasteiger partial charge in [0.15, 0.2) is 0 Å². The lowest BCUT2D eigenvalue weighted by molar-refractivity contribution is -0.142. The minimum absolute atomic E-state index is 0.0677. The van der Waals surface area contributed by atoms with E-state index in [1.165, 1.54) is 25.3 Å². The lowest BCUT2D eigenvalue weighted by Crippen LogP contribution is -2.34. The molecule has 3 nitrogen and oxygen atoms in total. The van der Waals surface area contributed by atoms with Crippen molar-refractivity contribution in [2.24, 2.45) is 17.3 Å². The molecule has 1 aromatic carbocycles. The molecular formula is C22H32O3. The van der Waals surface area contributed by atoms with E-state index in [9.17, 15) is 9.90 Å². The SMILES string of the molecule is CC(CCC1C(C)CCCC1(C)C)OC(=O)C=Cc1ccc(O)cc1. The molecule has 0 radical (unpaired) electrons. The van der Waals surface area contributed by atoms with Gasteiger partial charge >= 0.3 is 5.97 Å². The number of benzene rings is 1. The highest BCUT2D eigenvalue weighted by Crippen LogP contribution is 2.46. The number of phenolic OH excluding ortho intramolecular Hbond substituents is 1. The van der Waals surface area contributed by atoms with Crippen molar-refractivity contribution in [2.75, 3.05) is 0 Å². The summed E-state index contributed by atoms with van der Waals surface area (Å²) in [5.74, 6) is 1.36. The van der Waals surface area contributed by atoms with Crippen LogP contribution >= 0.6 is 0 Å². The van der Waals surface area contributed by atoms with Gasteiger partial charge in [-0.3, -0.25) is 0 Å². The van der Waals surface area contributed by atoms with Crippen LogP contribution in [0.5, 0.6) is 5.75 Å². The van der Waals surface area contributed by atoms with Crippen molar-refractivity contribution >= 4 is 12.0 Å². The quantitative estimate of drug-likeness (QED) is 0.541. The van der Waals surface area contributed by atoms with Crippen LogP contribution in [-0.2, 0) is 9.53 Å². The Hall–Kier alpha value is -1.77. The molecule has 1 saturated carbocycles. The van der Waals surface area contributed by atoms with Crippen LogP contribution < -0.4 is 0 Å². The molecule has 1 aliphatic carbocycles. The van der Waals surface area contributed by atoms with Gasteiger partial charge in [-0.15, -0.1) is 0 Å². The third kappa shape index (κ3) is 5.91. The summed E-state index contributed by atoms with van der Waals surface area (Å²) in [4.78, 5) is 12.0. The highest BCUT2D eigenvalue weighted by molar-refractivity contribution is 5.87. The fourth-order valence-corrected chi connectivity index (χ4v) is 4.17. The smallest absolute Gasteiger partial charge is 0.331 e. The number of esters is 1. The van der Waals surface area contributed by atoms with Crippen LogP contribution in [0.2, 0.25) is 0 Å². The molecule has 1 fully saturated rings. The fraction of sp³-hybridized carbons (Fsp3) is 0.591. The molecule has 2 rings (SSSR count). The van der Waals surface area contributed by atoms with Gasteiger partial charge in [-0.2, -0.15) is 0 Å². The average Bonchev–Trinajstić information content (AvgIpc) is 2.53. The Labute approximate surface area is 152 Å². The van der Waals surface area contributed by atoms with E-state index in [0.717, 1.165) is 24.3 Å². The minimum Gasteiger partial charge on any atom is -0.508 e. The van der Waals surface area contributed by atoms with Crippen molar-refractivity contribution < 1.29 is 14.6 Å². The highest BCUT2D eigenvalue weighted by atomic mass is 16.5. The van der Waals surface area contributed by atoms with Crippen molar-refractivity contribution in [1.29, 1.82) is 0 Å². The number of phenols is 1. The molecule has 0 heterocycles. The van der Waals surface area contributed by atoms with Crippen LogP contribution in [0.4, 0.5) is 0 Å². The van der Waals surface area contributed by atoms with E-state index in [-0.39, 0.29) is 17.8 Å². The number of aromatic hydroxyl groups is 1. The number of rotatable bonds is 6. The minimum atomic E-state index is -0.309. The Balaban J connectivity index is 1.80. The lowest BCUT2D eigenvalue weighted by atomic mass is 9.62. The Morgan fingerprint density at radius 1 is 1.36 bits per heavy atom. The zero-order chi connectivity index (χ0) is 18.4. The van der Waals surface area contributed by atoms with Crippen molar-refractivity contribution in [2.45, 2.75) is 65.9 Å². The molecule has 0 saturated heterocycles. The van der Waals surface area contributed by atoms with Gasteiger partial charge in [0.2, 0.25) is 0 Å². The van der Waals surface area contributed by atoms with E-state index in [4.69, 9.17) is 4.74 Å². The van der Waals surface area contributed by atoms with E-state index in [1.54, 1.807) is 30.3 Å². The van der Waals surface area contributed by atoms with Gasteiger partial charge in [-0.25, -0.2) is 4.79 Å². The normalized spacial score (nSPS) is 24.2. The maximum absolute atomic E-state index is 12.0. The van der Waals surface area contributed by atoms with E-state index >= 15 is 0 Å². The Morgan fingerprint density at radius 2 is 2.04 bits per heavy atom. The van der Waals surface area contributed by atoms with Crippen molar-refractivity contribution in [3.05, 3.63) is 35.9 Å². The lowest BCUT2D eigenvalue weighted by Gasteiger charge is -2.43. The van der Waals surface area contributed by atoms with E-state index in [2.05, 4.69) is 20.8 Å². The van der Waals surface area contributed by atoms with Crippen LogP contribution in [0.25, 0.3) is 6.08 Å². The van der Waals surface area contributed by atoms with Gasteiger partial charge in [0, 0.05) is 6.08 Å². The van der Waals surface area contributed by atoms with Crippen molar-refractivity contribution in [3.8, 4) is 5.75 Å². The Morgan fingerprint density at radius 3 is 2.68 bits per heavy atom. The second-order valence-corrected chi connectivity index (χ2v) is 8.21. The number of hydrogen-bond acceptors (Lipinski definition) is 3. The van der Waals surface area contributed by atoms with E-state index in [0.29, 0.717) is 11.3 Å². The molecule has 0 aromatic heterocycles. The molecule has 138 valence electrons. The molecule has 3 heteroatoms. The van der Waals surface area contributed by atoms with Crippen LogP contribution in [-0.4, -0.2) is 17.2 Å². The Bertz CT molecular complexity index is 586. The first-order chi connectivity index (χ1) is 11.8. The summed E-state index contributed by atoms with van der Waals surface area (Å²) in [5.41, 5.74) is 1.25. The number of hydrogen-bond donors (Lipinski definition) is 1. The summed E-state index contributed by atoms with van der Waals surface area (Å²) in [6, 6.07) is 6.71. The van der Waals surface area contributed by atoms with Crippen molar-refractivity contribution in [3.63, 3.8) is 0 Å². The maximum atomic E-state index is 12.0. The second kappa shape index (κ2) is 8.55. The number of carbonyl (C=O) groups is 1. The van der Waals surface area contributed by atoms with Gasteiger partial charge in [0.25, 0.3) is 0 Å². The first-order valence-electron chi connectivity index (χ1n) is 9.45.